The number of hydrogen-bond donors (Lipinski definition) is 0. The lowest BCUT2D eigenvalue weighted by Gasteiger charge is -2.12. The van der Waals surface area contributed by atoms with Gasteiger partial charge in [0.2, 0.25) is 5.69 Å². The Bertz CT molecular complexity index is 939. The molecule has 0 atom stereocenters. The maximum atomic E-state index is 4.32. The Balaban J connectivity index is 2.03. The number of nitrogens with zero attached hydrogens (tertiary/aromatic N) is 2. The maximum absolute atomic E-state index is 4.32. The van der Waals surface area contributed by atoms with Gasteiger partial charge in [0.05, 0.1) is 0 Å². The number of pyridine rings is 2. The first-order valence-corrected chi connectivity index (χ1v) is 8.09. The van der Waals surface area contributed by atoms with E-state index in [1.54, 1.807) is 0 Å². The molecule has 1 aliphatic carbocycles. The van der Waals surface area contributed by atoms with Gasteiger partial charge >= 0.3 is 0 Å². The Morgan fingerprint density at radius 1 is 1.00 bits per heavy atom. The van der Waals surface area contributed by atoms with Crippen LogP contribution in [0, 0.1) is 20.8 Å². The molecule has 2 nitrogen and oxygen atoms in total. The lowest BCUT2D eigenvalue weighted by Crippen LogP contribution is -2.32. The SMILES string of the molecule is Cc1cc(C)c(C)c(-c2c3c(cc[n+]2C)-c2cnccc2C3)c1. The van der Waals surface area contributed by atoms with E-state index in [1.165, 1.54) is 50.2 Å². The van der Waals surface area contributed by atoms with E-state index in [2.05, 4.69) is 67.8 Å². The molecule has 0 bridgehead atoms. The van der Waals surface area contributed by atoms with Crippen molar-refractivity contribution in [2.45, 2.75) is 27.2 Å². The zero-order valence-corrected chi connectivity index (χ0v) is 14.1. The van der Waals surface area contributed by atoms with Crippen molar-refractivity contribution in [3.63, 3.8) is 0 Å². The van der Waals surface area contributed by atoms with Crippen LogP contribution in [0.25, 0.3) is 22.4 Å². The van der Waals surface area contributed by atoms with Crippen LogP contribution in [0.4, 0.5) is 0 Å². The lowest BCUT2D eigenvalue weighted by atomic mass is 9.93. The van der Waals surface area contributed by atoms with Crippen LogP contribution in [0.2, 0.25) is 0 Å². The molecule has 0 fully saturated rings. The first-order valence-electron chi connectivity index (χ1n) is 8.09. The van der Waals surface area contributed by atoms with Crippen LogP contribution in [0.1, 0.15) is 27.8 Å². The molecule has 0 unspecified atom stereocenters. The van der Waals surface area contributed by atoms with Crippen molar-refractivity contribution in [2.24, 2.45) is 7.05 Å². The minimum atomic E-state index is 0.990. The molecule has 114 valence electrons. The molecule has 1 aromatic carbocycles. The second-order valence-electron chi connectivity index (χ2n) is 6.63. The van der Waals surface area contributed by atoms with Gasteiger partial charge in [-0.2, -0.15) is 0 Å². The smallest absolute Gasteiger partial charge is 0.216 e. The fourth-order valence-electron chi connectivity index (χ4n) is 3.78. The summed E-state index contributed by atoms with van der Waals surface area (Å²) in [5.41, 5.74) is 12.1. The largest absolute Gasteiger partial charge is 0.264 e. The molecule has 0 spiro atoms. The van der Waals surface area contributed by atoms with Crippen molar-refractivity contribution in [3.05, 3.63) is 70.7 Å². The summed E-state index contributed by atoms with van der Waals surface area (Å²) in [6.07, 6.45) is 7.06. The molecular weight excluding hydrogens is 280 g/mol. The van der Waals surface area contributed by atoms with Crippen LogP contribution in [0.5, 0.6) is 0 Å². The van der Waals surface area contributed by atoms with Gasteiger partial charge in [0, 0.05) is 41.6 Å². The highest BCUT2D eigenvalue weighted by Gasteiger charge is 2.28. The summed E-state index contributed by atoms with van der Waals surface area (Å²) in [5.74, 6) is 0. The molecule has 0 N–H and O–H groups in total. The minimum Gasteiger partial charge on any atom is -0.264 e. The second kappa shape index (κ2) is 5.02. The van der Waals surface area contributed by atoms with Crippen molar-refractivity contribution in [1.29, 1.82) is 0 Å². The summed E-state index contributed by atoms with van der Waals surface area (Å²) in [5, 5.41) is 0. The Kier molecular flexibility index (Phi) is 3.08. The quantitative estimate of drug-likeness (QED) is 0.484. The monoisotopic (exact) mass is 301 g/mol. The van der Waals surface area contributed by atoms with E-state index < -0.39 is 0 Å². The van der Waals surface area contributed by atoms with Crippen molar-refractivity contribution < 1.29 is 4.57 Å². The molecule has 0 amide bonds. The third kappa shape index (κ3) is 2.09. The van der Waals surface area contributed by atoms with Crippen molar-refractivity contribution in [3.8, 4) is 22.4 Å². The summed E-state index contributed by atoms with van der Waals surface area (Å²) in [6, 6.07) is 8.96. The second-order valence-corrected chi connectivity index (χ2v) is 6.63. The average Bonchev–Trinajstić information content (AvgIpc) is 2.89. The van der Waals surface area contributed by atoms with Gasteiger partial charge in [-0.25, -0.2) is 4.57 Å². The van der Waals surface area contributed by atoms with Crippen LogP contribution in [0.3, 0.4) is 0 Å². The molecule has 2 heterocycles. The maximum Gasteiger partial charge on any atom is 0.216 e. The molecular formula is C21H21N2+. The van der Waals surface area contributed by atoms with Gasteiger partial charge in [-0.3, -0.25) is 4.98 Å². The highest BCUT2D eigenvalue weighted by Crippen LogP contribution is 2.40. The van der Waals surface area contributed by atoms with Gasteiger partial charge in [0.15, 0.2) is 6.20 Å². The molecule has 23 heavy (non-hydrogen) atoms. The highest BCUT2D eigenvalue weighted by atomic mass is 14.9. The van der Waals surface area contributed by atoms with Crippen LogP contribution in [-0.2, 0) is 13.5 Å². The number of fused-ring (bicyclic) bond motifs is 3. The predicted molar refractivity (Wildman–Crippen MR) is 93.3 cm³/mol. The number of rotatable bonds is 1. The van der Waals surface area contributed by atoms with Gasteiger partial charge in [-0.1, -0.05) is 11.6 Å². The van der Waals surface area contributed by atoms with Crippen molar-refractivity contribution in [1.82, 2.24) is 4.98 Å². The summed E-state index contributed by atoms with van der Waals surface area (Å²) < 4.78 is 2.26. The Morgan fingerprint density at radius 2 is 1.83 bits per heavy atom. The third-order valence-electron chi connectivity index (χ3n) is 5.06. The van der Waals surface area contributed by atoms with Gasteiger partial charge in [0.1, 0.15) is 7.05 Å². The van der Waals surface area contributed by atoms with E-state index in [-0.39, 0.29) is 0 Å². The van der Waals surface area contributed by atoms with E-state index in [4.69, 9.17) is 0 Å². The molecule has 0 saturated heterocycles. The normalized spacial score (nSPS) is 12.2. The van der Waals surface area contributed by atoms with Crippen molar-refractivity contribution in [2.75, 3.05) is 0 Å². The van der Waals surface area contributed by atoms with Gasteiger partial charge in [0.25, 0.3) is 0 Å². The summed E-state index contributed by atoms with van der Waals surface area (Å²) in [4.78, 5) is 4.32. The Labute approximate surface area is 137 Å². The molecule has 0 aliphatic heterocycles. The first-order chi connectivity index (χ1) is 11.1. The topological polar surface area (TPSA) is 16.8 Å². The van der Waals surface area contributed by atoms with Crippen LogP contribution < -0.4 is 4.57 Å². The third-order valence-corrected chi connectivity index (χ3v) is 5.06. The molecule has 3 aromatic rings. The van der Waals surface area contributed by atoms with Gasteiger partial charge < -0.3 is 0 Å². The predicted octanol–water partition coefficient (Wildman–Crippen LogP) is 4.07. The first kappa shape index (κ1) is 14.1. The number of aryl methyl sites for hydroxylation is 3. The zero-order valence-electron chi connectivity index (χ0n) is 14.1. The fourth-order valence-corrected chi connectivity index (χ4v) is 3.78. The van der Waals surface area contributed by atoms with Crippen molar-refractivity contribution >= 4 is 0 Å². The van der Waals surface area contributed by atoms with E-state index >= 15 is 0 Å². The Hall–Kier alpha value is -2.48. The van der Waals surface area contributed by atoms with E-state index in [0.717, 1.165) is 6.42 Å². The van der Waals surface area contributed by atoms with Crippen LogP contribution in [0.15, 0.2) is 42.9 Å². The summed E-state index contributed by atoms with van der Waals surface area (Å²) in [7, 11) is 2.15. The molecule has 0 saturated carbocycles. The van der Waals surface area contributed by atoms with E-state index in [1.807, 2.05) is 12.4 Å². The van der Waals surface area contributed by atoms with E-state index in [0.29, 0.717) is 0 Å². The standard InChI is InChI=1S/C21H21N2/c1-13-9-14(2)15(3)18(10-13)21-19-11-16-5-7-22-12-20(16)17(19)6-8-23(21)4/h5-10,12H,11H2,1-4H3/q+1. The molecule has 2 aromatic heterocycles. The molecule has 2 heteroatoms. The summed E-state index contributed by atoms with van der Waals surface area (Å²) in [6.45, 7) is 6.61. The number of hydrogen-bond acceptors (Lipinski definition) is 1. The highest BCUT2D eigenvalue weighted by molar-refractivity contribution is 5.82. The number of benzene rings is 1. The minimum absolute atomic E-state index is 0.990. The Morgan fingerprint density at radius 3 is 2.65 bits per heavy atom. The van der Waals surface area contributed by atoms with Gasteiger partial charge in [-0.05, 0) is 55.2 Å². The van der Waals surface area contributed by atoms with Crippen LogP contribution >= 0.6 is 0 Å². The van der Waals surface area contributed by atoms with Gasteiger partial charge in [-0.15, -0.1) is 0 Å². The van der Waals surface area contributed by atoms with Crippen LogP contribution in [-0.4, -0.2) is 4.98 Å². The zero-order chi connectivity index (χ0) is 16.1. The van der Waals surface area contributed by atoms with E-state index in [9.17, 15) is 0 Å². The number of aromatic nitrogens is 2. The molecule has 4 rings (SSSR count). The summed E-state index contributed by atoms with van der Waals surface area (Å²) >= 11 is 0. The molecule has 1 aliphatic rings. The average molecular weight is 301 g/mol. The lowest BCUT2D eigenvalue weighted by molar-refractivity contribution is -0.660. The fraction of sp³-hybridized carbons (Fsp3) is 0.238. The molecule has 0 radical (unpaired) electrons.